The third-order valence-corrected chi connectivity index (χ3v) is 5.08. The Labute approximate surface area is 135 Å². The predicted molar refractivity (Wildman–Crippen MR) is 93.3 cm³/mol. The largest absolute Gasteiger partial charge is 0.399 e. The minimum absolute atomic E-state index is 0.128. The first-order valence-corrected chi connectivity index (χ1v) is 8.37. The monoisotopic (exact) mass is 312 g/mol. The van der Waals surface area contributed by atoms with Gasteiger partial charge < -0.3 is 10.6 Å². The number of benzene rings is 2. The quantitative estimate of drug-likeness (QED) is 0.694. The van der Waals surface area contributed by atoms with E-state index in [-0.39, 0.29) is 17.2 Å². The summed E-state index contributed by atoms with van der Waals surface area (Å²) in [5.74, 6) is 0.166. The highest BCUT2D eigenvalue weighted by atomic mass is 32.2. The van der Waals surface area contributed by atoms with Crippen molar-refractivity contribution in [2.45, 2.75) is 36.5 Å². The van der Waals surface area contributed by atoms with Crippen molar-refractivity contribution >= 4 is 29.0 Å². The molecular weight excluding hydrogens is 292 g/mol. The second kappa shape index (κ2) is 6.05. The minimum Gasteiger partial charge on any atom is -0.399 e. The zero-order chi connectivity index (χ0) is 15.7. The fourth-order valence-corrected chi connectivity index (χ4v) is 3.81. The highest BCUT2D eigenvalue weighted by molar-refractivity contribution is 8.00. The number of carbonyl (C=O) groups excluding carboxylic acids is 1. The molecule has 0 unspecified atom stereocenters. The van der Waals surface area contributed by atoms with E-state index in [4.69, 9.17) is 5.73 Å². The van der Waals surface area contributed by atoms with Gasteiger partial charge >= 0.3 is 0 Å². The molecule has 0 saturated carbocycles. The van der Waals surface area contributed by atoms with Crippen LogP contribution in [0.1, 0.15) is 19.4 Å². The van der Waals surface area contributed by atoms with Gasteiger partial charge in [0.25, 0.3) is 0 Å². The third-order valence-electron chi connectivity index (χ3n) is 3.99. The maximum Gasteiger partial charge on any atom is 0.240 e. The third kappa shape index (κ3) is 2.83. The van der Waals surface area contributed by atoms with Crippen molar-refractivity contribution in [3.63, 3.8) is 0 Å². The summed E-state index contributed by atoms with van der Waals surface area (Å²) in [7, 11) is 0. The summed E-state index contributed by atoms with van der Waals surface area (Å²) in [6.07, 6.45) is 0.932. The lowest BCUT2D eigenvalue weighted by atomic mass is 10.1. The standard InChI is InChI=1S/C18H20N2OS/c1-12-11-14-5-3-4-6-17(14)20(12)18(21)13(2)22-16-9-7-15(19)8-10-16/h3-10,12-13H,11,19H2,1-2H3/t12-,13-/m1/s1. The Morgan fingerprint density at radius 3 is 2.64 bits per heavy atom. The van der Waals surface area contributed by atoms with Crippen LogP contribution in [-0.4, -0.2) is 17.2 Å². The number of amides is 1. The van der Waals surface area contributed by atoms with Gasteiger partial charge in [-0.2, -0.15) is 0 Å². The average molecular weight is 312 g/mol. The summed E-state index contributed by atoms with van der Waals surface area (Å²) in [5.41, 5.74) is 8.76. The lowest BCUT2D eigenvalue weighted by Gasteiger charge is -2.25. The molecule has 1 aliphatic rings. The van der Waals surface area contributed by atoms with Crippen molar-refractivity contribution in [1.82, 2.24) is 0 Å². The molecule has 1 aliphatic heterocycles. The van der Waals surface area contributed by atoms with Gasteiger partial charge in [0.1, 0.15) is 0 Å². The van der Waals surface area contributed by atoms with Gasteiger partial charge in [-0.15, -0.1) is 11.8 Å². The fraction of sp³-hybridized carbons (Fsp3) is 0.278. The van der Waals surface area contributed by atoms with Gasteiger partial charge in [-0.25, -0.2) is 0 Å². The number of rotatable bonds is 3. The van der Waals surface area contributed by atoms with Crippen LogP contribution >= 0.6 is 11.8 Å². The van der Waals surface area contributed by atoms with Gasteiger partial charge in [0.05, 0.1) is 5.25 Å². The van der Waals surface area contributed by atoms with Gasteiger partial charge in [-0.1, -0.05) is 18.2 Å². The molecule has 4 heteroatoms. The van der Waals surface area contributed by atoms with E-state index in [9.17, 15) is 4.79 Å². The Morgan fingerprint density at radius 2 is 1.91 bits per heavy atom. The Hall–Kier alpha value is -1.94. The first kappa shape index (κ1) is 15.0. The van der Waals surface area contributed by atoms with Crippen molar-refractivity contribution in [2.75, 3.05) is 10.6 Å². The number of hydrogen-bond donors (Lipinski definition) is 1. The zero-order valence-corrected chi connectivity index (χ0v) is 13.6. The second-order valence-corrected chi connectivity index (χ2v) is 7.13. The van der Waals surface area contributed by atoms with Gasteiger partial charge in [0, 0.05) is 22.3 Å². The summed E-state index contributed by atoms with van der Waals surface area (Å²) in [5, 5.41) is -0.128. The SMILES string of the molecule is C[C@@H]1Cc2ccccc2N1C(=O)[C@@H](C)Sc1ccc(N)cc1. The van der Waals surface area contributed by atoms with Crippen molar-refractivity contribution < 1.29 is 4.79 Å². The number of para-hydroxylation sites is 1. The Morgan fingerprint density at radius 1 is 1.23 bits per heavy atom. The van der Waals surface area contributed by atoms with Crippen molar-refractivity contribution in [3.8, 4) is 0 Å². The number of nitrogen functional groups attached to an aromatic ring is 1. The van der Waals surface area contributed by atoms with Gasteiger partial charge in [-0.3, -0.25) is 4.79 Å². The molecule has 0 radical (unpaired) electrons. The van der Waals surface area contributed by atoms with Crippen molar-refractivity contribution in [3.05, 3.63) is 54.1 Å². The summed E-state index contributed by atoms with van der Waals surface area (Å²) in [6.45, 7) is 4.08. The van der Waals surface area contributed by atoms with Crippen molar-refractivity contribution in [1.29, 1.82) is 0 Å². The van der Waals surface area contributed by atoms with Gasteiger partial charge in [-0.05, 0) is 56.2 Å². The van der Waals surface area contributed by atoms with E-state index in [1.54, 1.807) is 11.8 Å². The number of fused-ring (bicyclic) bond motifs is 1. The topological polar surface area (TPSA) is 46.3 Å². The molecule has 1 heterocycles. The number of hydrogen-bond acceptors (Lipinski definition) is 3. The number of anilines is 2. The van der Waals surface area contributed by atoms with Crippen LogP contribution in [0.2, 0.25) is 0 Å². The summed E-state index contributed by atoms with van der Waals surface area (Å²) >= 11 is 1.58. The maximum atomic E-state index is 12.9. The zero-order valence-electron chi connectivity index (χ0n) is 12.8. The normalized spacial score (nSPS) is 18.1. The molecule has 0 aliphatic carbocycles. The lowest BCUT2D eigenvalue weighted by Crippen LogP contribution is -2.40. The van der Waals surface area contributed by atoms with E-state index in [2.05, 4.69) is 13.0 Å². The molecule has 3 rings (SSSR count). The molecule has 2 aromatic rings. The molecule has 0 spiro atoms. The number of nitrogens with zero attached hydrogens (tertiary/aromatic N) is 1. The first-order valence-electron chi connectivity index (χ1n) is 7.49. The summed E-state index contributed by atoms with van der Waals surface area (Å²) in [6, 6.07) is 16.1. The molecule has 0 fully saturated rings. The smallest absolute Gasteiger partial charge is 0.240 e. The van der Waals surface area contributed by atoms with Crippen LogP contribution in [0.15, 0.2) is 53.4 Å². The van der Waals surface area contributed by atoms with E-state index < -0.39 is 0 Å². The van der Waals surface area contributed by atoms with E-state index in [1.807, 2.05) is 54.3 Å². The number of nitrogens with two attached hydrogens (primary N) is 1. The Balaban J connectivity index is 1.77. The molecule has 2 aromatic carbocycles. The molecular formula is C18H20N2OS. The Kier molecular flexibility index (Phi) is 4.12. The number of carbonyl (C=O) groups is 1. The van der Waals surface area contributed by atoms with E-state index in [0.29, 0.717) is 0 Å². The van der Waals surface area contributed by atoms with Crippen LogP contribution in [0.5, 0.6) is 0 Å². The van der Waals surface area contributed by atoms with Gasteiger partial charge in [0.15, 0.2) is 0 Å². The van der Waals surface area contributed by atoms with E-state index >= 15 is 0 Å². The van der Waals surface area contributed by atoms with Crippen LogP contribution in [0.3, 0.4) is 0 Å². The molecule has 0 aromatic heterocycles. The Bertz CT molecular complexity index is 684. The molecule has 0 bridgehead atoms. The average Bonchev–Trinajstić information content (AvgIpc) is 2.84. The minimum atomic E-state index is -0.128. The van der Waals surface area contributed by atoms with Crippen LogP contribution in [-0.2, 0) is 11.2 Å². The van der Waals surface area contributed by atoms with Crippen LogP contribution in [0, 0.1) is 0 Å². The highest BCUT2D eigenvalue weighted by Gasteiger charge is 2.33. The molecule has 2 atom stereocenters. The summed E-state index contributed by atoms with van der Waals surface area (Å²) in [4.78, 5) is 15.9. The molecule has 0 saturated heterocycles. The summed E-state index contributed by atoms with van der Waals surface area (Å²) < 4.78 is 0. The van der Waals surface area contributed by atoms with E-state index in [0.717, 1.165) is 22.7 Å². The molecule has 114 valence electrons. The molecule has 2 N–H and O–H groups in total. The highest BCUT2D eigenvalue weighted by Crippen LogP contribution is 2.34. The molecule has 3 nitrogen and oxygen atoms in total. The van der Waals surface area contributed by atoms with E-state index in [1.165, 1.54) is 5.56 Å². The van der Waals surface area contributed by atoms with Crippen LogP contribution in [0.4, 0.5) is 11.4 Å². The molecule has 22 heavy (non-hydrogen) atoms. The van der Waals surface area contributed by atoms with Gasteiger partial charge in [0.2, 0.25) is 5.91 Å². The first-order chi connectivity index (χ1) is 10.6. The maximum absolute atomic E-state index is 12.9. The predicted octanol–water partition coefficient (Wildman–Crippen LogP) is 3.73. The lowest BCUT2D eigenvalue weighted by molar-refractivity contribution is -0.118. The van der Waals surface area contributed by atoms with Crippen molar-refractivity contribution in [2.24, 2.45) is 0 Å². The number of thioether (sulfide) groups is 1. The fourth-order valence-electron chi connectivity index (χ4n) is 2.90. The molecule has 1 amide bonds. The second-order valence-electron chi connectivity index (χ2n) is 5.72. The van der Waals surface area contributed by atoms with Crippen LogP contribution < -0.4 is 10.6 Å². The van der Waals surface area contributed by atoms with Crippen LogP contribution in [0.25, 0.3) is 0 Å².